The third-order valence-corrected chi connectivity index (χ3v) is 4.75. The van der Waals surface area contributed by atoms with E-state index in [4.69, 9.17) is 27.9 Å². The standard InChI is InChI=1S/C14H11Cl2N3OS/c15-9-1-2-10(11(16)7-9)13-12(8-17)21-14(18-13)19-3-5-20-6-4-19/h1-2,7H,3-6H2. The number of nitrogens with zero attached hydrogens (tertiary/aromatic N) is 3. The van der Waals surface area contributed by atoms with Gasteiger partial charge in [-0.2, -0.15) is 5.26 Å². The summed E-state index contributed by atoms with van der Waals surface area (Å²) in [5, 5.41) is 11.2. The molecule has 7 heteroatoms. The molecule has 108 valence electrons. The number of thiazole rings is 1. The summed E-state index contributed by atoms with van der Waals surface area (Å²) in [6, 6.07) is 7.40. The molecule has 0 saturated carbocycles. The number of hydrogen-bond donors (Lipinski definition) is 0. The van der Waals surface area contributed by atoms with E-state index in [0.29, 0.717) is 33.8 Å². The molecule has 1 aromatic heterocycles. The topological polar surface area (TPSA) is 49.2 Å². The fraction of sp³-hybridized carbons (Fsp3) is 0.286. The van der Waals surface area contributed by atoms with Gasteiger partial charge >= 0.3 is 0 Å². The van der Waals surface area contributed by atoms with Gasteiger partial charge in [-0.3, -0.25) is 0 Å². The lowest BCUT2D eigenvalue weighted by molar-refractivity contribution is 0.122. The van der Waals surface area contributed by atoms with Crippen LogP contribution in [0, 0.1) is 11.3 Å². The van der Waals surface area contributed by atoms with E-state index in [2.05, 4.69) is 16.0 Å². The number of aromatic nitrogens is 1. The summed E-state index contributed by atoms with van der Waals surface area (Å²) >= 11 is 13.5. The molecule has 0 N–H and O–H groups in total. The Hall–Kier alpha value is -1.32. The lowest BCUT2D eigenvalue weighted by Crippen LogP contribution is -2.36. The van der Waals surface area contributed by atoms with Crippen molar-refractivity contribution in [1.29, 1.82) is 5.26 Å². The van der Waals surface area contributed by atoms with Crippen molar-refractivity contribution < 1.29 is 4.74 Å². The molecule has 21 heavy (non-hydrogen) atoms. The summed E-state index contributed by atoms with van der Waals surface area (Å²) in [6.07, 6.45) is 0. The molecule has 4 nitrogen and oxygen atoms in total. The summed E-state index contributed by atoms with van der Waals surface area (Å²) in [6.45, 7) is 2.93. The number of nitriles is 1. The van der Waals surface area contributed by atoms with Crippen molar-refractivity contribution in [2.45, 2.75) is 0 Å². The molecule has 1 aliphatic heterocycles. The maximum absolute atomic E-state index is 9.34. The number of halogens is 2. The minimum Gasteiger partial charge on any atom is -0.378 e. The Morgan fingerprint density at radius 3 is 2.71 bits per heavy atom. The van der Waals surface area contributed by atoms with Crippen LogP contribution >= 0.6 is 34.5 Å². The highest BCUT2D eigenvalue weighted by atomic mass is 35.5. The first-order valence-corrected chi connectivity index (χ1v) is 7.95. The van der Waals surface area contributed by atoms with E-state index in [1.807, 2.05) is 0 Å². The number of rotatable bonds is 2. The monoisotopic (exact) mass is 339 g/mol. The van der Waals surface area contributed by atoms with Crippen LogP contribution in [0.3, 0.4) is 0 Å². The van der Waals surface area contributed by atoms with Crippen LogP contribution < -0.4 is 4.90 Å². The molecule has 2 heterocycles. The highest BCUT2D eigenvalue weighted by Gasteiger charge is 2.20. The summed E-state index contributed by atoms with van der Waals surface area (Å²) in [5.41, 5.74) is 1.35. The minimum absolute atomic E-state index is 0.498. The van der Waals surface area contributed by atoms with E-state index in [-0.39, 0.29) is 0 Å². The second kappa shape index (κ2) is 6.20. The lowest BCUT2D eigenvalue weighted by Gasteiger charge is -2.25. The minimum atomic E-state index is 0.498. The number of hydrogen-bond acceptors (Lipinski definition) is 5. The molecule has 1 saturated heterocycles. The Morgan fingerprint density at radius 2 is 2.05 bits per heavy atom. The van der Waals surface area contributed by atoms with Crippen LogP contribution in [-0.2, 0) is 4.74 Å². The van der Waals surface area contributed by atoms with Gasteiger partial charge in [-0.15, -0.1) is 0 Å². The van der Waals surface area contributed by atoms with Crippen molar-refractivity contribution in [3.63, 3.8) is 0 Å². The molecule has 0 aliphatic carbocycles. The summed E-state index contributed by atoms with van der Waals surface area (Å²) < 4.78 is 5.34. The molecular weight excluding hydrogens is 329 g/mol. The van der Waals surface area contributed by atoms with Crippen molar-refractivity contribution in [3.8, 4) is 17.3 Å². The average Bonchev–Trinajstić information content (AvgIpc) is 2.92. The first kappa shape index (κ1) is 14.6. The highest BCUT2D eigenvalue weighted by Crippen LogP contribution is 2.37. The maximum atomic E-state index is 9.34. The summed E-state index contributed by atoms with van der Waals surface area (Å²) in [4.78, 5) is 7.29. The zero-order valence-corrected chi connectivity index (χ0v) is 13.3. The fourth-order valence-corrected chi connectivity index (χ4v) is 3.57. The van der Waals surface area contributed by atoms with Crippen LogP contribution in [0.2, 0.25) is 10.0 Å². The van der Waals surface area contributed by atoms with Crippen LogP contribution in [0.25, 0.3) is 11.3 Å². The van der Waals surface area contributed by atoms with Gasteiger partial charge in [0.25, 0.3) is 0 Å². The summed E-state index contributed by atoms with van der Waals surface area (Å²) in [5.74, 6) is 0. The molecule has 0 atom stereocenters. The van der Waals surface area contributed by atoms with E-state index in [1.165, 1.54) is 11.3 Å². The van der Waals surface area contributed by atoms with Crippen molar-refractivity contribution >= 4 is 39.7 Å². The van der Waals surface area contributed by atoms with Gasteiger partial charge in [0, 0.05) is 23.7 Å². The average molecular weight is 340 g/mol. The predicted octanol–water partition coefficient (Wildman–Crippen LogP) is 3.83. The molecule has 0 amide bonds. The van der Waals surface area contributed by atoms with Crippen LogP contribution in [0.15, 0.2) is 18.2 Å². The highest BCUT2D eigenvalue weighted by molar-refractivity contribution is 7.16. The predicted molar refractivity (Wildman–Crippen MR) is 85.3 cm³/mol. The smallest absolute Gasteiger partial charge is 0.187 e. The van der Waals surface area contributed by atoms with E-state index >= 15 is 0 Å². The number of anilines is 1. The maximum Gasteiger partial charge on any atom is 0.187 e. The number of morpholine rings is 1. The number of ether oxygens (including phenoxy) is 1. The second-order valence-electron chi connectivity index (χ2n) is 4.51. The quantitative estimate of drug-likeness (QED) is 0.834. The van der Waals surface area contributed by atoms with Gasteiger partial charge in [0.15, 0.2) is 5.13 Å². The first-order valence-electron chi connectivity index (χ1n) is 6.38. The Kier molecular flexibility index (Phi) is 4.32. The largest absolute Gasteiger partial charge is 0.378 e. The van der Waals surface area contributed by atoms with E-state index in [1.54, 1.807) is 18.2 Å². The van der Waals surface area contributed by atoms with Gasteiger partial charge in [-0.05, 0) is 18.2 Å². The van der Waals surface area contributed by atoms with E-state index < -0.39 is 0 Å². The molecule has 2 aromatic rings. The van der Waals surface area contributed by atoms with Crippen molar-refractivity contribution in [2.75, 3.05) is 31.2 Å². The van der Waals surface area contributed by atoms with Crippen molar-refractivity contribution in [2.24, 2.45) is 0 Å². The zero-order valence-electron chi connectivity index (χ0n) is 11.0. The second-order valence-corrected chi connectivity index (χ2v) is 6.33. The molecule has 1 aliphatic rings. The summed E-state index contributed by atoms with van der Waals surface area (Å²) in [7, 11) is 0. The molecule has 3 rings (SSSR count). The van der Waals surface area contributed by atoms with Crippen LogP contribution in [0.5, 0.6) is 0 Å². The van der Waals surface area contributed by atoms with Gasteiger partial charge in [-0.25, -0.2) is 4.98 Å². The number of benzene rings is 1. The Balaban J connectivity index is 2.02. The van der Waals surface area contributed by atoms with Crippen LogP contribution in [0.1, 0.15) is 4.88 Å². The third kappa shape index (κ3) is 2.99. The van der Waals surface area contributed by atoms with Crippen molar-refractivity contribution in [3.05, 3.63) is 33.1 Å². The lowest BCUT2D eigenvalue weighted by atomic mass is 10.1. The molecule has 0 radical (unpaired) electrons. The Bertz CT molecular complexity index is 705. The van der Waals surface area contributed by atoms with Gasteiger partial charge in [0.1, 0.15) is 16.6 Å². The Morgan fingerprint density at radius 1 is 1.29 bits per heavy atom. The van der Waals surface area contributed by atoms with E-state index in [0.717, 1.165) is 23.8 Å². The normalized spacial score (nSPS) is 15.0. The molecular formula is C14H11Cl2N3OS. The molecule has 0 unspecified atom stereocenters. The van der Waals surface area contributed by atoms with Gasteiger partial charge in [0.05, 0.1) is 18.2 Å². The zero-order chi connectivity index (χ0) is 14.8. The molecule has 0 bridgehead atoms. The molecule has 1 fully saturated rings. The first-order chi connectivity index (χ1) is 10.2. The van der Waals surface area contributed by atoms with Gasteiger partial charge < -0.3 is 9.64 Å². The van der Waals surface area contributed by atoms with Crippen molar-refractivity contribution in [1.82, 2.24) is 4.98 Å². The fourth-order valence-electron chi connectivity index (χ4n) is 2.14. The van der Waals surface area contributed by atoms with Gasteiger partial charge in [0.2, 0.25) is 0 Å². The van der Waals surface area contributed by atoms with Crippen LogP contribution in [0.4, 0.5) is 5.13 Å². The molecule has 1 aromatic carbocycles. The Labute approximate surface area is 136 Å². The van der Waals surface area contributed by atoms with E-state index in [9.17, 15) is 5.26 Å². The third-order valence-electron chi connectivity index (χ3n) is 3.19. The van der Waals surface area contributed by atoms with Crippen LogP contribution in [-0.4, -0.2) is 31.3 Å². The van der Waals surface area contributed by atoms with Gasteiger partial charge in [-0.1, -0.05) is 34.5 Å². The molecule has 0 spiro atoms. The SMILES string of the molecule is N#Cc1sc(N2CCOCC2)nc1-c1ccc(Cl)cc1Cl.